The number of rotatable bonds is 6. The zero-order valence-electron chi connectivity index (χ0n) is 12.7. The fourth-order valence-electron chi connectivity index (χ4n) is 1.81. The summed E-state index contributed by atoms with van der Waals surface area (Å²) in [5.41, 5.74) is 0.309. The highest BCUT2D eigenvalue weighted by atomic mass is 35.5. The molecule has 0 unspecified atom stereocenters. The lowest BCUT2D eigenvalue weighted by atomic mass is 10.2. The molecule has 24 heavy (non-hydrogen) atoms. The molecule has 0 fully saturated rings. The molecule has 0 saturated carbocycles. The Bertz CT molecular complexity index is 775. The Morgan fingerprint density at radius 3 is 2.67 bits per heavy atom. The van der Waals surface area contributed by atoms with Crippen LogP contribution in [0.4, 0.5) is 4.39 Å². The van der Waals surface area contributed by atoms with Gasteiger partial charge in [-0.15, -0.1) is 11.8 Å². The quantitative estimate of drug-likeness (QED) is 0.430. The van der Waals surface area contributed by atoms with Gasteiger partial charge < -0.3 is 9.47 Å². The van der Waals surface area contributed by atoms with Crippen molar-refractivity contribution in [3.8, 4) is 17.6 Å². The normalized spacial score (nSPS) is 10.1. The predicted molar refractivity (Wildman–Crippen MR) is 90.1 cm³/mol. The molecule has 0 aromatic heterocycles. The summed E-state index contributed by atoms with van der Waals surface area (Å²) in [4.78, 5) is 12.8. The van der Waals surface area contributed by atoms with Crippen molar-refractivity contribution in [2.45, 2.75) is 11.8 Å². The standard InChI is InChI=1S/C17H13ClFNO3S/c1-2-22-15-8-11(9-20)7-14(18)17(15)23-16(21)10-24-13-5-3-12(19)4-6-13/h3-8H,2,10H2,1H3. The van der Waals surface area contributed by atoms with Crippen molar-refractivity contribution in [3.63, 3.8) is 0 Å². The number of benzene rings is 2. The molecule has 0 bridgehead atoms. The van der Waals surface area contributed by atoms with Gasteiger partial charge in [-0.25, -0.2) is 4.39 Å². The van der Waals surface area contributed by atoms with Crippen molar-refractivity contribution >= 4 is 29.3 Å². The molecule has 0 atom stereocenters. The second-order valence-electron chi connectivity index (χ2n) is 4.55. The third kappa shape index (κ3) is 4.88. The summed E-state index contributed by atoms with van der Waals surface area (Å²) in [6.07, 6.45) is 0. The molecule has 2 aromatic rings. The van der Waals surface area contributed by atoms with E-state index in [-0.39, 0.29) is 28.1 Å². The van der Waals surface area contributed by atoms with Gasteiger partial charge in [-0.2, -0.15) is 5.26 Å². The van der Waals surface area contributed by atoms with Gasteiger partial charge in [-0.05, 0) is 37.3 Å². The second-order valence-corrected chi connectivity index (χ2v) is 6.00. The number of hydrogen-bond acceptors (Lipinski definition) is 5. The van der Waals surface area contributed by atoms with Crippen LogP contribution in [0.3, 0.4) is 0 Å². The SMILES string of the molecule is CCOc1cc(C#N)cc(Cl)c1OC(=O)CSc1ccc(F)cc1. The molecule has 0 radical (unpaired) electrons. The number of esters is 1. The van der Waals surface area contributed by atoms with Crippen molar-refractivity contribution < 1.29 is 18.7 Å². The van der Waals surface area contributed by atoms with E-state index >= 15 is 0 Å². The molecule has 0 saturated heterocycles. The zero-order valence-corrected chi connectivity index (χ0v) is 14.3. The minimum Gasteiger partial charge on any atom is -0.490 e. The highest BCUT2D eigenvalue weighted by Crippen LogP contribution is 2.37. The largest absolute Gasteiger partial charge is 0.490 e. The van der Waals surface area contributed by atoms with Gasteiger partial charge in [0.15, 0.2) is 11.5 Å². The summed E-state index contributed by atoms with van der Waals surface area (Å²) < 4.78 is 23.5. The third-order valence-electron chi connectivity index (χ3n) is 2.82. The van der Waals surface area contributed by atoms with Crippen LogP contribution in [0.1, 0.15) is 12.5 Å². The molecule has 2 aromatic carbocycles. The number of carbonyl (C=O) groups excluding carboxylic acids is 1. The minimum absolute atomic E-state index is 0.0214. The molecule has 0 heterocycles. The van der Waals surface area contributed by atoms with Crippen molar-refractivity contribution in [2.75, 3.05) is 12.4 Å². The van der Waals surface area contributed by atoms with Gasteiger partial charge in [0.25, 0.3) is 0 Å². The predicted octanol–water partition coefficient (Wildman–Crippen LogP) is 4.45. The highest BCUT2D eigenvalue weighted by molar-refractivity contribution is 8.00. The molecule has 7 heteroatoms. The third-order valence-corrected chi connectivity index (χ3v) is 4.09. The fourth-order valence-corrected chi connectivity index (χ4v) is 2.73. The van der Waals surface area contributed by atoms with E-state index in [9.17, 15) is 9.18 Å². The molecule has 2 rings (SSSR count). The Labute approximate surface area is 148 Å². The monoisotopic (exact) mass is 365 g/mol. The van der Waals surface area contributed by atoms with Crippen LogP contribution in [0.25, 0.3) is 0 Å². The molecule has 0 aliphatic heterocycles. The molecule has 0 aliphatic rings. The van der Waals surface area contributed by atoms with Gasteiger partial charge in [-0.3, -0.25) is 4.79 Å². The summed E-state index contributed by atoms with van der Waals surface area (Å²) in [5, 5.41) is 9.08. The summed E-state index contributed by atoms with van der Waals surface area (Å²) >= 11 is 7.28. The molecule has 0 aliphatic carbocycles. The van der Waals surface area contributed by atoms with E-state index in [4.69, 9.17) is 26.3 Å². The first-order valence-corrected chi connectivity index (χ1v) is 8.35. The van der Waals surface area contributed by atoms with E-state index in [0.29, 0.717) is 12.2 Å². The molecule has 0 spiro atoms. The van der Waals surface area contributed by atoms with E-state index in [1.807, 2.05) is 6.07 Å². The number of thioether (sulfide) groups is 1. The molecule has 4 nitrogen and oxygen atoms in total. The van der Waals surface area contributed by atoms with Gasteiger partial charge in [-0.1, -0.05) is 11.6 Å². The van der Waals surface area contributed by atoms with Crippen LogP contribution >= 0.6 is 23.4 Å². The summed E-state index contributed by atoms with van der Waals surface area (Å²) in [7, 11) is 0. The van der Waals surface area contributed by atoms with E-state index in [2.05, 4.69) is 0 Å². The Morgan fingerprint density at radius 2 is 2.04 bits per heavy atom. The Morgan fingerprint density at radius 1 is 1.33 bits per heavy atom. The van der Waals surface area contributed by atoms with Crippen LogP contribution in [-0.2, 0) is 4.79 Å². The number of carbonyl (C=O) groups is 1. The number of ether oxygens (including phenoxy) is 2. The maximum Gasteiger partial charge on any atom is 0.321 e. The Kier molecular flexibility index (Phi) is 6.47. The highest BCUT2D eigenvalue weighted by Gasteiger charge is 2.16. The Balaban J connectivity index is 2.07. The first-order chi connectivity index (χ1) is 11.5. The number of nitriles is 1. The van der Waals surface area contributed by atoms with Crippen molar-refractivity contribution in [1.29, 1.82) is 5.26 Å². The number of nitrogens with zero attached hydrogens (tertiary/aromatic N) is 1. The van der Waals surface area contributed by atoms with Crippen LogP contribution in [-0.4, -0.2) is 18.3 Å². The summed E-state index contributed by atoms with van der Waals surface area (Å²) in [5.74, 6) is -0.526. The zero-order chi connectivity index (χ0) is 17.5. The molecule has 0 N–H and O–H groups in total. The van der Waals surface area contributed by atoms with Crippen LogP contribution in [0.15, 0.2) is 41.3 Å². The maximum absolute atomic E-state index is 12.8. The lowest BCUT2D eigenvalue weighted by Gasteiger charge is -2.12. The average Bonchev–Trinajstić information content (AvgIpc) is 2.57. The number of hydrogen-bond donors (Lipinski definition) is 0. The van der Waals surface area contributed by atoms with E-state index in [1.54, 1.807) is 19.1 Å². The first-order valence-electron chi connectivity index (χ1n) is 6.99. The molecular formula is C17H13ClFNO3S. The minimum atomic E-state index is -0.531. The van der Waals surface area contributed by atoms with Crippen LogP contribution < -0.4 is 9.47 Å². The Hall–Kier alpha value is -2.23. The lowest BCUT2D eigenvalue weighted by Crippen LogP contribution is -2.12. The smallest absolute Gasteiger partial charge is 0.321 e. The maximum atomic E-state index is 12.8. The van der Waals surface area contributed by atoms with E-state index in [1.165, 1.54) is 36.0 Å². The van der Waals surface area contributed by atoms with Crippen LogP contribution in [0.5, 0.6) is 11.5 Å². The second kappa shape index (κ2) is 8.57. The average molecular weight is 366 g/mol. The lowest BCUT2D eigenvalue weighted by molar-refractivity contribution is -0.131. The van der Waals surface area contributed by atoms with Crippen LogP contribution in [0, 0.1) is 17.1 Å². The van der Waals surface area contributed by atoms with Crippen molar-refractivity contribution in [1.82, 2.24) is 0 Å². The van der Waals surface area contributed by atoms with Gasteiger partial charge in [0.2, 0.25) is 0 Å². The topological polar surface area (TPSA) is 59.3 Å². The van der Waals surface area contributed by atoms with Gasteiger partial charge in [0.1, 0.15) is 5.82 Å². The van der Waals surface area contributed by atoms with Crippen LogP contribution in [0.2, 0.25) is 5.02 Å². The molecule has 124 valence electrons. The van der Waals surface area contributed by atoms with E-state index < -0.39 is 5.97 Å². The summed E-state index contributed by atoms with van der Waals surface area (Å²) in [6, 6.07) is 10.6. The van der Waals surface area contributed by atoms with E-state index in [0.717, 1.165) is 4.90 Å². The van der Waals surface area contributed by atoms with Gasteiger partial charge in [0.05, 0.1) is 29.0 Å². The van der Waals surface area contributed by atoms with Crippen molar-refractivity contribution in [3.05, 3.63) is 52.8 Å². The molecular weight excluding hydrogens is 353 g/mol. The van der Waals surface area contributed by atoms with Gasteiger partial charge in [0, 0.05) is 11.0 Å². The number of halogens is 2. The van der Waals surface area contributed by atoms with Crippen molar-refractivity contribution in [2.24, 2.45) is 0 Å². The van der Waals surface area contributed by atoms with Gasteiger partial charge >= 0.3 is 5.97 Å². The first kappa shape index (κ1) is 18.1. The molecule has 0 amide bonds. The fraction of sp³-hybridized carbons (Fsp3) is 0.176. The summed E-state index contributed by atoms with van der Waals surface area (Å²) in [6.45, 7) is 2.10.